The van der Waals surface area contributed by atoms with Crippen LogP contribution in [0.15, 0.2) is 53.4 Å². The van der Waals surface area contributed by atoms with Crippen molar-refractivity contribution in [1.82, 2.24) is 5.32 Å². The molecule has 0 spiro atoms. The third kappa shape index (κ3) is 6.51. The lowest BCUT2D eigenvalue weighted by Gasteiger charge is -2.26. The van der Waals surface area contributed by atoms with E-state index >= 15 is 0 Å². The number of anilines is 1. The number of amides is 1. The van der Waals surface area contributed by atoms with Gasteiger partial charge in [-0.25, -0.2) is 8.42 Å². The van der Waals surface area contributed by atoms with Crippen molar-refractivity contribution in [1.29, 1.82) is 0 Å². The first-order valence-corrected chi connectivity index (χ1v) is 12.0. The fourth-order valence-electron chi connectivity index (χ4n) is 2.76. The number of hydrogen-bond donors (Lipinski definition) is 1. The van der Waals surface area contributed by atoms with Gasteiger partial charge in [-0.2, -0.15) is 11.8 Å². The molecule has 0 atom stereocenters. The predicted octanol–water partition coefficient (Wildman–Crippen LogP) is 4.15. The second kappa shape index (κ2) is 9.67. The molecule has 0 unspecified atom stereocenters. The summed E-state index contributed by atoms with van der Waals surface area (Å²) in [6.45, 7) is 10.4. The van der Waals surface area contributed by atoms with Crippen LogP contribution in [0.1, 0.15) is 31.9 Å². The first-order valence-electron chi connectivity index (χ1n) is 9.57. The summed E-state index contributed by atoms with van der Waals surface area (Å²) in [7, 11) is -3.87. The molecular weight excluding hydrogens is 404 g/mol. The van der Waals surface area contributed by atoms with Crippen LogP contribution >= 0.6 is 11.8 Å². The molecule has 29 heavy (non-hydrogen) atoms. The Balaban J connectivity index is 2.27. The summed E-state index contributed by atoms with van der Waals surface area (Å²) in [6.07, 6.45) is 0. The minimum Gasteiger partial charge on any atom is -0.354 e. The number of aryl methyl sites for hydroxylation is 1. The van der Waals surface area contributed by atoms with Crippen molar-refractivity contribution < 1.29 is 13.2 Å². The Bertz CT molecular complexity index is 936. The minimum atomic E-state index is -3.87. The quantitative estimate of drug-likeness (QED) is 0.634. The number of nitrogens with one attached hydrogen (secondary N) is 1. The summed E-state index contributed by atoms with van der Waals surface area (Å²) in [5, 5.41) is 2.85. The normalized spacial score (nSPS) is 11.9. The molecule has 0 radical (unpaired) electrons. The number of benzene rings is 2. The standard InChI is InChI=1S/C22H30N2O3S2/c1-17-10-9-13-20(18(17)2)24(29(26,27)19-11-7-6-8-12-19)16-21(25)23-14-15-28-22(3,4)5/h6-13H,14-16H2,1-5H3,(H,23,25). The fraction of sp³-hybridized carbons (Fsp3) is 0.409. The average Bonchev–Trinajstić information content (AvgIpc) is 2.66. The van der Waals surface area contributed by atoms with Gasteiger partial charge in [-0.05, 0) is 43.2 Å². The number of carbonyl (C=O) groups excluding carboxylic acids is 1. The van der Waals surface area contributed by atoms with Crippen LogP contribution in [0.25, 0.3) is 0 Å². The SMILES string of the molecule is Cc1cccc(N(CC(=O)NCCSC(C)(C)C)S(=O)(=O)c2ccccc2)c1C. The lowest BCUT2D eigenvalue weighted by atomic mass is 10.1. The van der Waals surface area contributed by atoms with Crippen LogP contribution in [-0.4, -0.2) is 37.9 Å². The molecule has 1 N–H and O–H groups in total. The van der Waals surface area contributed by atoms with E-state index in [9.17, 15) is 13.2 Å². The summed E-state index contributed by atoms with van der Waals surface area (Å²) in [4.78, 5) is 12.8. The molecule has 158 valence electrons. The summed E-state index contributed by atoms with van der Waals surface area (Å²) in [6, 6.07) is 13.7. The molecule has 0 saturated carbocycles. The maximum absolute atomic E-state index is 13.3. The molecule has 2 aromatic rings. The summed E-state index contributed by atoms with van der Waals surface area (Å²) < 4.78 is 28.0. The van der Waals surface area contributed by atoms with E-state index in [4.69, 9.17) is 0 Å². The molecule has 0 saturated heterocycles. The van der Waals surface area contributed by atoms with E-state index in [2.05, 4.69) is 26.1 Å². The van der Waals surface area contributed by atoms with Crippen LogP contribution in [0.3, 0.4) is 0 Å². The first kappa shape index (κ1) is 23.3. The maximum Gasteiger partial charge on any atom is 0.264 e. The van der Waals surface area contributed by atoms with Gasteiger partial charge in [-0.1, -0.05) is 51.1 Å². The van der Waals surface area contributed by atoms with Gasteiger partial charge < -0.3 is 5.32 Å². The third-order valence-electron chi connectivity index (χ3n) is 4.42. The van der Waals surface area contributed by atoms with Crippen LogP contribution in [0, 0.1) is 13.8 Å². The van der Waals surface area contributed by atoms with E-state index in [1.165, 1.54) is 4.31 Å². The Morgan fingerprint density at radius 3 is 2.31 bits per heavy atom. The predicted molar refractivity (Wildman–Crippen MR) is 122 cm³/mol. The lowest BCUT2D eigenvalue weighted by Crippen LogP contribution is -2.42. The number of nitrogens with zero attached hydrogens (tertiary/aromatic N) is 1. The zero-order chi connectivity index (χ0) is 21.7. The highest BCUT2D eigenvalue weighted by Crippen LogP contribution is 2.28. The highest BCUT2D eigenvalue weighted by atomic mass is 32.2. The van der Waals surface area contributed by atoms with Gasteiger partial charge >= 0.3 is 0 Å². The average molecular weight is 435 g/mol. The monoisotopic (exact) mass is 434 g/mol. The fourth-order valence-corrected chi connectivity index (χ4v) is 5.08. The maximum atomic E-state index is 13.3. The number of carbonyl (C=O) groups is 1. The van der Waals surface area contributed by atoms with Crippen molar-refractivity contribution in [2.75, 3.05) is 23.1 Å². The lowest BCUT2D eigenvalue weighted by molar-refractivity contribution is -0.119. The van der Waals surface area contributed by atoms with Gasteiger partial charge in [0, 0.05) is 17.0 Å². The molecule has 0 aliphatic rings. The Kier molecular flexibility index (Phi) is 7.77. The van der Waals surface area contributed by atoms with Crippen molar-refractivity contribution in [3.05, 3.63) is 59.7 Å². The molecule has 0 aliphatic carbocycles. The van der Waals surface area contributed by atoms with E-state index in [1.54, 1.807) is 48.2 Å². The van der Waals surface area contributed by atoms with E-state index in [0.717, 1.165) is 16.9 Å². The second-order valence-electron chi connectivity index (χ2n) is 7.85. The topological polar surface area (TPSA) is 66.5 Å². The molecule has 5 nitrogen and oxygen atoms in total. The molecule has 1 amide bonds. The van der Waals surface area contributed by atoms with Crippen LogP contribution in [0.4, 0.5) is 5.69 Å². The van der Waals surface area contributed by atoms with Gasteiger partial charge in [0.25, 0.3) is 10.0 Å². The minimum absolute atomic E-state index is 0.117. The number of thioether (sulfide) groups is 1. The number of hydrogen-bond acceptors (Lipinski definition) is 4. The number of rotatable bonds is 8. The Morgan fingerprint density at radius 2 is 1.69 bits per heavy atom. The third-order valence-corrected chi connectivity index (χ3v) is 7.47. The summed E-state index contributed by atoms with van der Waals surface area (Å²) in [5.74, 6) is 0.448. The van der Waals surface area contributed by atoms with Crippen molar-refractivity contribution in [3.8, 4) is 0 Å². The van der Waals surface area contributed by atoms with Crippen LogP contribution in [-0.2, 0) is 14.8 Å². The molecule has 0 bridgehead atoms. The molecular formula is C22H30N2O3S2. The van der Waals surface area contributed by atoms with Crippen molar-refractivity contribution in [2.45, 2.75) is 44.3 Å². The number of sulfonamides is 1. The largest absolute Gasteiger partial charge is 0.354 e. The first-order chi connectivity index (χ1) is 13.5. The molecule has 0 aliphatic heterocycles. The highest BCUT2D eigenvalue weighted by Gasteiger charge is 2.28. The summed E-state index contributed by atoms with van der Waals surface area (Å²) in [5.41, 5.74) is 2.33. The summed E-state index contributed by atoms with van der Waals surface area (Å²) >= 11 is 1.75. The van der Waals surface area contributed by atoms with Crippen molar-refractivity contribution >= 4 is 33.4 Å². The van der Waals surface area contributed by atoms with Gasteiger partial charge in [-0.3, -0.25) is 9.10 Å². The Morgan fingerprint density at radius 1 is 1.03 bits per heavy atom. The molecule has 2 aromatic carbocycles. The van der Waals surface area contributed by atoms with Crippen molar-refractivity contribution in [3.63, 3.8) is 0 Å². The van der Waals surface area contributed by atoms with Crippen LogP contribution < -0.4 is 9.62 Å². The van der Waals surface area contributed by atoms with E-state index in [-0.39, 0.29) is 22.1 Å². The highest BCUT2D eigenvalue weighted by molar-refractivity contribution is 8.00. The molecule has 0 aromatic heterocycles. The van der Waals surface area contributed by atoms with Crippen LogP contribution in [0.2, 0.25) is 0 Å². The molecule has 0 fully saturated rings. The smallest absolute Gasteiger partial charge is 0.264 e. The van der Waals surface area contributed by atoms with Crippen LogP contribution in [0.5, 0.6) is 0 Å². The van der Waals surface area contributed by atoms with Gasteiger partial charge in [0.1, 0.15) is 6.54 Å². The van der Waals surface area contributed by atoms with Gasteiger partial charge in [-0.15, -0.1) is 0 Å². The Labute approximate surface area is 178 Å². The molecule has 7 heteroatoms. The van der Waals surface area contributed by atoms with Gasteiger partial charge in [0.15, 0.2) is 0 Å². The van der Waals surface area contributed by atoms with E-state index in [0.29, 0.717) is 12.2 Å². The molecule has 2 rings (SSSR count). The van der Waals surface area contributed by atoms with Crippen molar-refractivity contribution in [2.24, 2.45) is 0 Å². The Hall–Kier alpha value is -1.99. The molecule has 0 heterocycles. The van der Waals surface area contributed by atoms with Gasteiger partial charge in [0.2, 0.25) is 5.91 Å². The van der Waals surface area contributed by atoms with E-state index in [1.807, 2.05) is 26.0 Å². The second-order valence-corrected chi connectivity index (χ2v) is 11.6. The van der Waals surface area contributed by atoms with Gasteiger partial charge in [0.05, 0.1) is 10.6 Å². The van der Waals surface area contributed by atoms with E-state index < -0.39 is 10.0 Å². The zero-order valence-corrected chi connectivity index (χ0v) is 19.4. The zero-order valence-electron chi connectivity index (χ0n) is 17.7.